The van der Waals surface area contributed by atoms with Gasteiger partial charge in [-0.3, -0.25) is 0 Å². The number of likely N-dealkylation sites (N-methyl/N-ethyl adjacent to an activating group) is 1. The average molecular weight is 389 g/mol. The number of benzene rings is 1. The number of carbonyl (C=O) groups is 1. The van der Waals surface area contributed by atoms with Gasteiger partial charge in [-0.15, -0.1) is 0 Å². The molecule has 158 valence electrons. The smallest absolute Gasteiger partial charge is 0.315 e. The van der Waals surface area contributed by atoms with Crippen molar-refractivity contribution >= 4 is 6.03 Å². The van der Waals surface area contributed by atoms with Gasteiger partial charge in [-0.05, 0) is 43.3 Å². The van der Waals surface area contributed by atoms with Gasteiger partial charge in [-0.2, -0.15) is 0 Å². The Kier molecular flexibility index (Phi) is 9.26. The summed E-state index contributed by atoms with van der Waals surface area (Å²) in [5.74, 6) is 0. The highest BCUT2D eigenvalue weighted by Crippen LogP contribution is 2.29. The van der Waals surface area contributed by atoms with E-state index in [4.69, 9.17) is 0 Å². The second kappa shape index (κ2) is 11.4. The van der Waals surface area contributed by atoms with Crippen molar-refractivity contribution in [2.24, 2.45) is 5.41 Å². The van der Waals surface area contributed by atoms with Crippen LogP contribution in [-0.4, -0.2) is 61.6 Å². The molecule has 5 nitrogen and oxygen atoms in total. The Morgan fingerprint density at radius 2 is 1.68 bits per heavy atom. The van der Waals surface area contributed by atoms with Crippen molar-refractivity contribution in [3.8, 4) is 0 Å². The first-order valence-electron chi connectivity index (χ1n) is 10.9. The zero-order chi connectivity index (χ0) is 20.4. The number of unbranched alkanes of at least 4 members (excludes halogenated alkanes) is 1. The third kappa shape index (κ3) is 8.61. The summed E-state index contributed by atoms with van der Waals surface area (Å²) in [6, 6.07) is 10.2. The van der Waals surface area contributed by atoms with Crippen LogP contribution >= 0.6 is 0 Å². The average Bonchev–Trinajstić information content (AvgIpc) is 2.67. The number of nitrogens with zero attached hydrogens (tertiary/aromatic N) is 2. The number of carbonyl (C=O) groups excluding carboxylic acids is 1. The van der Waals surface area contributed by atoms with Gasteiger partial charge in [0.1, 0.15) is 0 Å². The normalized spacial score (nSPS) is 17.3. The SMILES string of the molecule is CCN1CCN(CCCCNC(=O)NC(CC(C)(C)C)c2ccccc2)CC1. The maximum Gasteiger partial charge on any atom is 0.315 e. The van der Waals surface area contributed by atoms with Gasteiger partial charge in [0.2, 0.25) is 0 Å². The van der Waals surface area contributed by atoms with E-state index in [-0.39, 0.29) is 17.5 Å². The van der Waals surface area contributed by atoms with E-state index in [0.29, 0.717) is 0 Å². The van der Waals surface area contributed by atoms with Crippen LogP contribution < -0.4 is 10.6 Å². The minimum atomic E-state index is -0.0605. The highest BCUT2D eigenvalue weighted by atomic mass is 16.2. The van der Waals surface area contributed by atoms with Crippen LogP contribution in [0, 0.1) is 5.41 Å². The Hall–Kier alpha value is -1.59. The Labute approximate surface area is 171 Å². The highest BCUT2D eigenvalue weighted by Gasteiger charge is 2.21. The number of amides is 2. The van der Waals surface area contributed by atoms with Crippen molar-refractivity contribution in [2.45, 2.75) is 53.0 Å². The van der Waals surface area contributed by atoms with E-state index in [1.165, 1.54) is 31.7 Å². The zero-order valence-corrected chi connectivity index (χ0v) is 18.3. The molecule has 1 unspecified atom stereocenters. The van der Waals surface area contributed by atoms with Crippen LogP contribution in [-0.2, 0) is 0 Å². The molecule has 0 saturated carbocycles. The Morgan fingerprint density at radius 1 is 1.04 bits per heavy atom. The zero-order valence-electron chi connectivity index (χ0n) is 18.3. The van der Waals surface area contributed by atoms with E-state index in [2.05, 4.69) is 60.3 Å². The molecule has 28 heavy (non-hydrogen) atoms. The lowest BCUT2D eigenvalue weighted by molar-refractivity contribution is 0.135. The highest BCUT2D eigenvalue weighted by molar-refractivity contribution is 5.74. The summed E-state index contributed by atoms with van der Waals surface area (Å²) in [7, 11) is 0. The molecule has 1 aromatic rings. The topological polar surface area (TPSA) is 47.6 Å². The summed E-state index contributed by atoms with van der Waals surface area (Å²) in [6.45, 7) is 16.6. The van der Waals surface area contributed by atoms with Gasteiger partial charge in [-0.1, -0.05) is 58.0 Å². The molecule has 5 heteroatoms. The molecule has 1 aromatic carbocycles. The van der Waals surface area contributed by atoms with Crippen molar-refractivity contribution in [1.29, 1.82) is 0 Å². The summed E-state index contributed by atoms with van der Waals surface area (Å²) in [6.07, 6.45) is 3.07. The lowest BCUT2D eigenvalue weighted by atomic mass is 9.85. The molecule has 0 aromatic heterocycles. The van der Waals surface area contributed by atoms with Crippen molar-refractivity contribution in [1.82, 2.24) is 20.4 Å². The van der Waals surface area contributed by atoms with Crippen LogP contribution in [0.4, 0.5) is 4.79 Å². The fourth-order valence-corrected chi connectivity index (χ4v) is 3.75. The molecular formula is C23H40N4O. The summed E-state index contributed by atoms with van der Waals surface area (Å²) in [4.78, 5) is 17.5. The molecule has 1 fully saturated rings. The monoisotopic (exact) mass is 388 g/mol. The second-order valence-corrected chi connectivity index (χ2v) is 9.11. The largest absolute Gasteiger partial charge is 0.338 e. The number of rotatable bonds is 9. The van der Waals surface area contributed by atoms with Crippen molar-refractivity contribution in [2.75, 3.05) is 45.8 Å². The number of hydrogen-bond donors (Lipinski definition) is 2. The van der Waals surface area contributed by atoms with Crippen LogP contribution in [0.2, 0.25) is 0 Å². The summed E-state index contributed by atoms with van der Waals surface area (Å²) >= 11 is 0. The summed E-state index contributed by atoms with van der Waals surface area (Å²) < 4.78 is 0. The van der Waals surface area contributed by atoms with E-state index in [1.54, 1.807) is 0 Å². The molecule has 0 aliphatic carbocycles. The van der Waals surface area contributed by atoms with E-state index >= 15 is 0 Å². The van der Waals surface area contributed by atoms with E-state index in [1.807, 2.05) is 18.2 Å². The minimum Gasteiger partial charge on any atom is -0.338 e. The van der Waals surface area contributed by atoms with Gasteiger partial charge in [-0.25, -0.2) is 4.79 Å². The molecule has 1 aliphatic heterocycles. The summed E-state index contributed by atoms with van der Waals surface area (Å²) in [5.41, 5.74) is 1.31. The molecule has 1 atom stereocenters. The van der Waals surface area contributed by atoms with Crippen molar-refractivity contribution in [3.05, 3.63) is 35.9 Å². The minimum absolute atomic E-state index is 0.0380. The molecule has 0 bridgehead atoms. The fourth-order valence-electron chi connectivity index (χ4n) is 3.75. The molecule has 2 N–H and O–H groups in total. The van der Waals surface area contributed by atoms with E-state index in [0.717, 1.165) is 38.9 Å². The summed E-state index contributed by atoms with van der Waals surface area (Å²) in [5, 5.41) is 6.22. The molecule has 1 aliphatic rings. The van der Waals surface area contributed by atoms with Gasteiger partial charge in [0.05, 0.1) is 6.04 Å². The molecule has 0 radical (unpaired) electrons. The third-order valence-electron chi connectivity index (χ3n) is 5.42. The first kappa shape index (κ1) is 22.7. The van der Waals surface area contributed by atoms with Crippen molar-refractivity contribution < 1.29 is 4.79 Å². The Bertz CT molecular complexity index is 562. The standard InChI is InChI=1S/C23H40N4O/c1-5-26-15-17-27(18-16-26)14-10-9-13-24-22(28)25-21(19-23(2,3)4)20-11-7-6-8-12-20/h6-8,11-12,21H,5,9-10,13-19H2,1-4H3,(H2,24,25,28). The fraction of sp³-hybridized carbons (Fsp3) is 0.696. The van der Waals surface area contributed by atoms with Crippen LogP contribution in [0.25, 0.3) is 0 Å². The molecular weight excluding hydrogens is 348 g/mol. The third-order valence-corrected chi connectivity index (χ3v) is 5.42. The van der Waals surface area contributed by atoms with Gasteiger partial charge in [0.15, 0.2) is 0 Å². The van der Waals surface area contributed by atoms with Crippen LogP contribution in [0.3, 0.4) is 0 Å². The van der Waals surface area contributed by atoms with Crippen LogP contribution in [0.1, 0.15) is 58.6 Å². The molecule has 1 saturated heterocycles. The lowest BCUT2D eigenvalue weighted by Crippen LogP contribution is -2.46. The quantitative estimate of drug-likeness (QED) is 0.631. The van der Waals surface area contributed by atoms with Gasteiger partial charge in [0, 0.05) is 32.7 Å². The number of urea groups is 1. The van der Waals surface area contributed by atoms with Crippen molar-refractivity contribution in [3.63, 3.8) is 0 Å². The van der Waals surface area contributed by atoms with Gasteiger partial charge < -0.3 is 20.4 Å². The first-order chi connectivity index (χ1) is 13.4. The molecule has 0 spiro atoms. The van der Waals surface area contributed by atoms with E-state index < -0.39 is 0 Å². The number of nitrogens with one attached hydrogen (secondary N) is 2. The first-order valence-corrected chi connectivity index (χ1v) is 10.9. The molecule has 1 heterocycles. The Balaban J connectivity index is 1.67. The maximum absolute atomic E-state index is 12.4. The molecule has 2 rings (SSSR count). The van der Waals surface area contributed by atoms with Gasteiger partial charge in [0.25, 0.3) is 0 Å². The van der Waals surface area contributed by atoms with Crippen LogP contribution in [0.15, 0.2) is 30.3 Å². The lowest BCUT2D eigenvalue weighted by Gasteiger charge is -2.34. The van der Waals surface area contributed by atoms with Gasteiger partial charge >= 0.3 is 6.03 Å². The number of hydrogen-bond acceptors (Lipinski definition) is 3. The van der Waals surface area contributed by atoms with Crippen LogP contribution in [0.5, 0.6) is 0 Å². The van der Waals surface area contributed by atoms with E-state index in [9.17, 15) is 4.79 Å². The predicted octanol–water partition coefficient (Wildman–Crippen LogP) is 3.88. The predicted molar refractivity (Wildman–Crippen MR) is 118 cm³/mol. The Morgan fingerprint density at radius 3 is 2.29 bits per heavy atom. The molecule has 2 amide bonds. The maximum atomic E-state index is 12.4. The number of piperazine rings is 1. The second-order valence-electron chi connectivity index (χ2n) is 9.11.